The smallest absolute Gasteiger partial charge is 0.0895 e. The zero-order valence-electron chi connectivity index (χ0n) is 8.99. The van der Waals surface area contributed by atoms with Crippen molar-refractivity contribution in [2.24, 2.45) is 0 Å². The van der Waals surface area contributed by atoms with Crippen molar-refractivity contribution in [1.82, 2.24) is 5.32 Å². The average Bonchev–Trinajstić information content (AvgIpc) is 2.70. The minimum Gasteiger partial charge on any atom is -0.394 e. The van der Waals surface area contributed by atoms with E-state index < -0.39 is 6.10 Å². The predicted molar refractivity (Wildman–Crippen MR) is 66.3 cm³/mol. The summed E-state index contributed by atoms with van der Waals surface area (Å²) in [5.41, 5.74) is 2.66. The Labute approximate surface area is 104 Å². The lowest BCUT2D eigenvalue weighted by atomic mass is 10.1. The monoisotopic (exact) mass is 285 g/mol. The molecule has 0 bridgehead atoms. The van der Waals surface area contributed by atoms with Crippen LogP contribution in [0.15, 0.2) is 22.7 Å². The first-order valence-electron chi connectivity index (χ1n) is 5.52. The van der Waals surface area contributed by atoms with Crippen molar-refractivity contribution in [3.8, 4) is 0 Å². The quantitative estimate of drug-likeness (QED) is 0.784. The van der Waals surface area contributed by atoms with Crippen LogP contribution in [0.25, 0.3) is 0 Å². The van der Waals surface area contributed by atoms with E-state index in [0.29, 0.717) is 12.6 Å². The maximum atomic E-state index is 9.30. The number of aliphatic hydroxyl groups excluding tert-OH is 2. The fourth-order valence-electron chi connectivity index (χ4n) is 2.16. The van der Waals surface area contributed by atoms with Crippen molar-refractivity contribution in [2.45, 2.75) is 25.0 Å². The van der Waals surface area contributed by atoms with Crippen LogP contribution in [0.3, 0.4) is 0 Å². The number of nitrogens with one attached hydrogen (secondary N) is 1. The number of hydrogen-bond donors (Lipinski definition) is 3. The molecule has 0 saturated carbocycles. The van der Waals surface area contributed by atoms with E-state index in [1.165, 1.54) is 11.1 Å². The van der Waals surface area contributed by atoms with Crippen LogP contribution in [0.5, 0.6) is 0 Å². The van der Waals surface area contributed by atoms with E-state index in [1.54, 1.807) is 0 Å². The van der Waals surface area contributed by atoms with Crippen LogP contribution in [0.2, 0.25) is 0 Å². The van der Waals surface area contributed by atoms with Crippen LogP contribution in [-0.2, 0) is 6.42 Å². The molecule has 1 aliphatic rings. The molecule has 2 unspecified atom stereocenters. The summed E-state index contributed by atoms with van der Waals surface area (Å²) in [6, 6.07) is 6.51. The molecule has 88 valence electrons. The third-order valence-electron chi connectivity index (χ3n) is 3.02. The lowest BCUT2D eigenvalue weighted by molar-refractivity contribution is 0.0919. The fourth-order valence-corrected chi connectivity index (χ4v) is 2.74. The van der Waals surface area contributed by atoms with Gasteiger partial charge in [0.15, 0.2) is 0 Å². The first kappa shape index (κ1) is 12.0. The van der Waals surface area contributed by atoms with Crippen molar-refractivity contribution in [2.75, 3.05) is 13.2 Å². The van der Waals surface area contributed by atoms with Gasteiger partial charge in [0.05, 0.1) is 12.7 Å². The van der Waals surface area contributed by atoms with Gasteiger partial charge in [0, 0.05) is 17.1 Å². The van der Waals surface area contributed by atoms with Crippen LogP contribution in [-0.4, -0.2) is 29.5 Å². The van der Waals surface area contributed by atoms with Gasteiger partial charge in [-0.15, -0.1) is 0 Å². The zero-order chi connectivity index (χ0) is 11.5. The minimum atomic E-state index is -0.670. The summed E-state index contributed by atoms with van der Waals surface area (Å²) in [5.74, 6) is 0. The van der Waals surface area contributed by atoms with E-state index in [2.05, 4.69) is 33.4 Å². The molecule has 1 aromatic rings. The molecule has 1 aromatic carbocycles. The zero-order valence-corrected chi connectivity index (χ0v) is 10.6. The Bertz CT molecular complexity index is 370. The third-order valence-corrected chi connectivity index (χ3v) is 3.77. The molecule has 0 fully saturated rings. The Hall–Kier alpha value is -0.420. The summed E-state index contributed by atoms with van der Waals surface area (Å²) < 4.78 is 1.16. The summed E-state index contributed by atoms with van der Waals surface area (Å²) in [7, 11) is 0. The van der Waals surface area contributed by atoms with E-state index in [4.69, 9.17) is 5.11 Å². The fraction of sp³-hybridized carbons (Fsp3) is 0.500. The van der Waals surface area contributed by atoms with Gasteiger partial charge in [-0.3, -0.25) is 0 Å². The molecule has 0 saturated heterocycles. The topological polar surface area (TPSA) is 52.5 Å². The highest BCUT2D eigenvalue weighted by atomic mass is 79.9. The molecule has 2 rings (SSSR count). The van der Waals surface area contributed by atoms with Crippen molar-refractivity contribution < 1.29 is 10.2 Å². The molecule has 0 aromatic heterocycles. The van der Waals surface area contributed by atoms with Crippen molar-refractivity contribution in [3.05, 3.63) is 33.8 Å². The highest BCUT2D eigenvalue weighted by molar-refractivity contribution is 9.10. The van der Waals surface area contributed by atoms with Crippen LogP contribution in [0.4, 0.5) is 0 Å². The van der Waals surface area contributed by atoms with E-state index in [1.807, 2.05) is 6.07 Å². The van der Waals surface area contributed by atoms with Gasteiger partial charge in [-0.2, -0.15) is 0 Å². The largest absolute Gasteiger partial charge is 0.394 e. The van der Waals surface area contributed by atoms with Crippen molar-refractivity contribution in [1.29, 1.82) is 0 Å². The van der Waals surface area contributed by atoms with Crippen LogP contribution in [0, 0.1) is 0 Å². The maximum Gasteiger partial charge on any atom is 0.0895 e. The molecule has 3 N–H and O–H groups in total. The van der Waals surface area contributed by atoms with Gasteiger partial charge in [0.1, 0.15) is 0 Å². The Morgan fingerprint density at radius 3 is 3.06 bits per heavy atom. The number of benzene rings is 1. The highest BCUT2D eigenvalue weighted by Gasteiger charge is 2.23. The first-order valence-corrected chi connectivity index (χ1v) is 6.31. The Morgan fingerprint density at radius 2 is 2.31 bits per heavy atom. The maximum absolute atomic E-state index is 9.30. The molecule has 4 heteroatoms. The van der Waals surface area contributed by atoms with Gasteiger partial charge in [0.25, 0.3) is 0 Å². The van der Waals surface area contributed by atoms with Gasteiger partial charge >= 0.3 is 0 Å². The van der Waals surface area contributed by atoms with Gasteiger partial charge in [-0.05, 0) is 30.0 Å². The molecule has 2 atom stereocenters. The second kappa shape index (κ2) is 5.27. The number of halogens is 1. The highest BCUT2D eigenvalue weighted by Crippen LogP contribution is 2.35. The van der Waals surface area contributed by atoms with Crippen molar-refractivity contribution >= 4 is 15.9 Å². The lowest BCUT2D eigenvalue weighted by Crippen LogP contribution is -2.31. The van der Waals surface area contributed by atoms with Gasteiger partial charge in [-0.25, -0.2) is 0 Å². The summed E-state index contributed by atoms with van der Waals surface area (Å²) in [5, 5.41) is 21.3. The molecule has 1 aliphatic carbocycles. The number of hydrogen-bond acceptors (Lipinski definition) is 3. The lowest BCUT2D eigenvalue weighted by Gasteiger charge is -2.16. The summed E-state index contributed by atoms with van der Waals surface area (Å²) in [6.07, 6.45) is 1.44. The van der Waals surface area contributed by atoms with Crippen LogP contribution < -0.4 is 5.32 Å². The number of fused-ring (bicyclic) bond motifs is 1. The third kappa shape index (κ3) is 2.46. The molecular formula is C12H16BrNO2. The second-order valence-electron chi connectivity index (χ2n) is 4.14. The van der Waals surface area contributed by atoms with Crippen LogP contribution in [0.1, 0.15) is 23.6 Å². The van der Waals surface area contributed by atoms with Gasteiger partial charge in [-0.1, -0.05) is 28.1 Å². The molecule has 0 spiro atoms. The molecule has 0 radical (unpaired) electrons. The Kier molecular flexibility index (Phi) is 3.97. The molecule has 3 nitrogen and oxygen atoms in total. The first-order chi connectivity index (χ1) is 7.72. The van der Waals surface area contributed by atoms with Crippen molar-refractivity contribution in [3.63, 3.8) is 0 Å². The van der Waals surface area contributed by atoms with Crippen LogP contribution >= 0.6 is 15.9 Å². The Balaban J connectivity index is 2.03. The van der Waals surface area contributed by atoms with E-state index in [-0.39, 0.29) is 6.61 Å². The minimum absolute atomic E-state index is 0.189. The number of rotatable bonds is 4. The van der Waals surface area contributed by atoms with E-state index >= 15 is 0 Å². The second-order valence-corrected chi connectivity index (χ2v) is 5.00. The van der Waals surface area contributed by atoms with Gasteiger partial charge < -0.3 is 15.5 Å². The SMILES string of the molecule is OCC(O)CNC1CCc2c(Br)cccc21. The molecule has 0 aliphatic heterocycles. The summed E-state index contributed by atoms with van der Waals surface area (Å²) in [4.78, 5) is 0. The molecule has 16 heavy (non-hydrogen) atoms. The normalized spacial score (nSPS) is 20.8. The standard InChI is InChI=1S/C12H16BrNO2/c13-11-3-1-2-10-9(11)4-5-12(10)14-6-8(16)7-15/h1-3,8,12,14-16H,4-7H2. The van der Waals surface area contributed by atoms with E-state index in [9.17, 15) is 5.11 Å². The number of aliphatic hydroxyl groups is 2. The van der Waals surface area contributed by atoms with E-state index in [0.717, 1.165) is 17.3 Å². The Morgan fingerprint density at radius 1 is 1.50 bits per heavy atom. The summed E-state index contributed by atoms with van der Waals surface area (Å²) >= 11 is 3.55. The van der Waals surface area contributed by atoms with Gasteiger partial charge in [0.2, 0.25) is 0 Å². The average molecular weight is 286 g/mol. The summed E-state index contributed by atoms with van der Waals surface area (Å²) in [6.45, 7) is 0.248. The molecule has 0 amide bonds. The predicted octanol–water partition coefficient (Wildman–Crippen LogP) is 1.38. The molecular weight excluding hydrogens is 270 g/mol. The molecule has 0 heterocycles.